The molecular weight excluding hydrogens is 486 g/mol. The van der Waals surface area contributed by atoms with Gasteiger partial charge in [0.25, 0.3) is 11.8 Å². The molecule has 1 aromatic carbocycles. The Bertz CT molecular complexity index is 1320. The zero-order valence-corrected chi connectivity index (χ0v) is 21.6. The van der Waals surface area contributed by atoms with Crippen LogP contribution in [0.3, 0.4) is 0 Å². The molecule has 8 nitrogen and oxygen atoms in total. The number of ether oxygens (including phenoxy) is 2. The lowest BCUT2D eigenvalue weighted by molar-refractivity contribution is -0.140. The standard InChI is InChI=1S/C25H27N3O5S2/c1-5-25(2)18-12-9-13(19(18)34-21-20(25)35-24(31)27-21)17-16(12)22(29)28(23(17)30)26-10-11-6-7-14(32-3)15(8-11)33-4/h6-8,10,12-13,16-19H,5,9H2,1-4H3,(H,27,31)/b26-10-/t12-,13-,16+,17+,18-,19+,25+/m0/s1. The summed E-state index contributed by atoms with van der Waals surface area (Å²) in [4.78, 5) is 43.3. The Labute approximate surface area is 211 Å². The van der Waals surface area contributed by atoms with Gasteiger partial charge in [-0.05, 0) is 54.4 Å². The Morgan fingerprint density at radius 2 is 1.86 bits per heavy atom. The molecule has 1 aromatic heterocycles. The number of thiazole rings is 1. The molecule has 0 spiro atoms. The van der Waals surface area contributed by atoms with Gasteiger partial charge in [-0.1, -0.05) is 25.2 Å². The number of hydrogen-bond donors (Lipinski definition) is 1. The van der Waals surface area contributed by atoms with Crippen molar-refractivity contribution in [1.29, 1.82) is 0 Å². The molecule has 1 saturated heterocycles. The second-order valence-electron chi connectivity index (χ2n) is 10.0. The van der Waals surface area contributed by atoms with E-state index in [1.165, 1.54) is 17.6 Å². The summed E-state index contributed by atoms with van der Waals surface area (Å²) in [5, 5.41) is 6.60. The van der Waals surface area contributed by atoms with E-state index in [0.29, 0.717) is 17.1 Å². The predicted octanol–water partition coefficient (Wildman–Crippen LogP) is 3.50. The number of aromatic amines is 1. The first kappa shape index (κ1) is 22.8. The second kappa shape index (κ2) is 7.96. The zero-order valence-electron chi connectivity index (χ0n) is 19.9. The number of hydrogen-bond acceptors (Lipinski definition) is 8. The van der Waals surface area contributed by atoms with Gasteiger partial charge in [0.15, 0.2) is 11.5 Å². The van der Waals surface area contributed by atoms with Crippen molar-refractivity contribution in [1.82, 2.24) is 9.99 Å². The quantitative estimate of drug-likeness (QED) is 0.485. The molecule has 1 N–H and O–H groups in total. The fourth-order valence-electron chi connectivity index (χ4n) is 7.05. The Morgan fingerprint density at radius 3 is 2.54 bits per heavy atom. The molecule has 4 aliphatic rings. The molecule has 6 rings (SSSR count). The number of nitrogens with zero attached hydrogens (tertiary/aromatic N) is 2. The lowest BCUT2D eigenvalue weighted by Crippen LogP contribution is -2.49. The molecule has 2 aliphatic heterocycles. The van der Waals surface area contributed by atoms with Gasteiger partial charge in [0, 0.05) is 15.5 Å². The number of benzene rings is 1. The summed E-state index contributed by atoms with van der Waals surface area (Å²) >= 11 is 3.01. The van der Waals surface area contributed by atoms with Crippen molar-refractivity contribution in [2.24, 2.45) is 34.7 Å². The number of fused-ring (bicyclic) bond motifs is 9. The maximum Gasteiger partial charge on any atom is 0.305 e. The van der Waals surface area contributed by atoms with E-state index in [-0.39, 0.29) is 56.9 Å². The van der Waals surface area contributed by atoms with Crippen LogP contribution in [0.15, 0.2) is 33.1 Å². The van der Waals surface area contributed by atoms with Crippen LogP contribution < -0.4 is 14.3 Å². The van der Waals surface area contributed by atoms with Crippen molar-refractivity contribution in [2.75, 3.05) is 14.2 Å². The molecule has 0 unspecified atom stereocenters. The average Bonchev–Trinajstić information content (AvgIpc) is 3.59. The van der Waals surface area contributed by atoms with E-state index in [2.05, 4.69) is 23.9 Å². The fraction of sp³-hybridized carbons (Fsp3) is 0.520. The van der Waals surface area contributed by atoms with E-state index >= 15 is 0 Å². The fourth-order valence-corrected chi connectivity index (χ4v) is 10.2. The number of hydrazone groups is 1. The summed E-state index contributed by atoms with van der Waals surface area (Å²) in [5.74, 6) is 0.570. The van der Waals surface area contributed by atoms with E-state index in [0.717, 1.165) is 27.8 Å². The number of nitrogens with one attached hydrogen (secondary N) is 1. The first-order valence-corrected chi connectivity index (χ1v) is 13.6. The number of thioether (sulfide) groups is 1. The Kier molecular flexibility index (Phi) is 5.20. The number of amides is 2. The van der Waals surface area contributed by atoms with Crippen molar-refractivity contribution >= 4 is 41.1 Å². The van der Waals surface area contributed by atoms with Gasteiger partial charge in [-0.3, -0.25) is 14.4 Å². The Balaban J connectivity index is 1.31. The van der Waals surface area contributed by atoms with Crippen LogP contribution in [-0.4, -0.2) is 47.5 Å². The second-order valence-corrected chi connectivity index (χ2v) is 12.2. The topological polar surface area (TPSA) is 101 Å². The normalized spacial score (nSPS) is 34.9. The van der Waals surface area contributed by atoms with Crippen molar-refractivity contribution in [3.8, 4) is 11.5 Å². The third-order valence-corrected chi connectivity index (χ3v) is 11.4. The first-order chi connectivity index (χ1) is 16.8. The largest absolute Gasteiger partial charge is 0.493 e. The van der Waals surface area contributed by atoms with Gasteiger partial charge in [0.2, 0.25) is 0 Å². The van der Waals surface area contributed by atoms with Crippen LogP contribution in [0.25, 0.3) is 0 Å². The molecule has 0 radical (unpaired) electrons. The summed E-state index contributed by atoms with van der Waals surface area (Å²) in [6.45, 7) is 4.39. The minimum absolute atomic E-state index is 0.0301. The van der Waals surface area contributed by atoms with Crippen LogP contribution in [0.4, 0.5) is 0 Å². The van der Waals surface area contributed by atoms with Gasteiger partial charge >= 0.3 is 4.87 Å². The van der Waals surface area contributed by atoms with E-state index in [9.17, 15) is 14.4 Å². The number of H-pyrrole nitrogens is 1. The summed E-state index contributed by atoms with van der Waals surface area (Å²) in [7, 11) is 3.12. The summed E-state index contributed by atoms with van der Waals surface area (Å²) in [6.07, 6.45) is 3.30. The average molecular weight is 514 g/mol. The van der Waals surface area contributed by atoms with E-state index < -0.39 is 0 Å². The SMILES string of the molecule is CC[C@@]1(C)c2sc(=O)[nH]c2S[C@@H]2[C@H]3C[C@@H]([C@H]4C(=O)N(/N=C\c5ccc(OC)c(OC)c5)C(=O)[C@H]34)[C@@H]21. The van der Waals surface area contributed by atoms with Crippen LogP contribution in [0.2, 0.25) is 0 Å². The number of methoxy groups -OCH3 is 2. The lowest BCUT2D eigenvalue weighted by atomic mass is 9.62. The highest BCUT2D eigenvalue weighted by Crippen LogP contribution is 2.69. The molecule has 3 fully saturated rings. The maximum atomic E-state index is 13.5. The highest BCUT2D eigenvalue weighted by Gasteiger charge is 2.71. The summed E-state index contributed by atoms with van der Waals surface area (Å²) < 4.78 is 10.6. The third kappa shape index (κ3) is 3.05. The lowest BCUT2D eigenvalue weighted by Gasteiger charge is -2.48. The van der Waals surface area contributed by atoms with Crippen molar-refractivity contribution in [3.05, 3.63) is 38.3 Å². The van der Waals surface area contributed by atoms with Crippen LogP contribution in [0.5, 0.6) is 11.5 Å². The number of carbonyl (C=O) groups is 2. The summed E-state index contributed by atoms with van der Waals surface area (Å²) in [6, 6.07) is 5.33. The Hall–Kier alpha value is -2.59. The third-order valence-electron chi connectivity index (χ3n) is 8.67. The van der Waals surface area contributed by atoms with Gasteiger partial charge < -0.3 is 14.5 Å². The maximum absolute atomic E-state index is 13.5. The highest BCUT2D eigenvalue weighted by atomic mass is 32.2. The summed E-state index contributed by atoms with van der Waals surface area (Å²) in [5.41, 5.74) is 0.526. The molecule has 2 amide bonds. The van der Waals surface area contributed by atoms with Gasteiger partial charge in [-0.15, -0.1) is 11.8 Å². The molecule has 184 valence electrons. The minimum Gasteiger partial charge on any atom is -0.493 e. The van der Waals surface area contributed by atoms with Gasteiger partial charge in [0.05, 0.1) is 37.3 Å². The van der Waals surface area contributed by atoms with Crippen LogP contribution in [0.1, 0.15) is 37.1 Å². The number of carbonyl (C=O) groups excluding carboxylic acids is 2. The predicted molar refractivity (Wildman–Crippen MR) is 133 cm³/mol. The van der Waals surface area contributed by atoms with Crippen molar-refractivity contribution in [2.45, 2.75) is 42.4 Å². The molecule has 10 heteroatoms. The van der Waals surface area contributed by atoms with Crippen LogP contribution in [0, 0.1) is 29.6 Å². The minimum atomic E-state index is -0.336. The molecule has 2 aliphatic carbocycles. The van der Waals surface area contributed by atoms with E-state index in [1.54, 1.807) is 44.2 Å². The molecular formula is C25H27N3O5S2. The monoisotopic (exact) mass is 513 g/mol. The van der Waals surface area contributed by atoms with E-state index in [1.807, 2.05) is 0 Å². The van der Waals surface area contributed by atoms with Crippen molar-refractivity contribution < 1.29 is 19.1 Å². The Morgan fingerprint density at radius 1 is 1.14 bits per heavy atom. The van der Waals surface area contributed by atoms with Gasteiger partial charge in [-0.25, -0.2) is 0 Å². The van der Waals surface area contributed by atoms with E-state index in [4.69, 9.17) is 9.47 Å². The highest BCUT2D eigenvalue weighted by molar-refractivity contribution is 8.00. The van der Waals surface area contributed by atoms with Gasteiger partial charge in [0.1, 0.15) is 0 Å². The molecule has 3 heterocycles. The smallest absolute Gasteiger partial charge is 0.305 e. The number of aromatic nitrogens is 1. The molecule has 2 bridgehead atoms. The van der Waals surface area contributed by atoms with Crippen molar-refractivity contribution in [3.63, 3.8) is 0 Å². The first-order valence-electron chi connectivity index (χ1n) is 11.9. The van der Waals surface area contributed by atoms with Crippen LogP contribution in [-0.2, 0) is 15.0 Å². The number of imide groups is 1. The molecule has 7 atom stereocenters. The number of rotatable bonds is 5. The zero-order chi connectivity index (χ0) is 24.6. The molecule has 2 saturated carbocycles. The molecule has 35 heavy (non-hydrogen) atoms. The van der Waals surface area contributed by atoms with Gasteiger partial charge in [-0.2, -0.15) is 10.1 Å². The van der Waals surface area contributed by atoms with Crippen LogP contribution >= 0.6 is 23.1 Å². The molecule has 2 aromatic rings.